The molecule has 2 amide bonds. The number of hydrogen-bond donors (Lipinski definition) is 1. The van der Waals surface area contributed by atoms with E-state index in [1.54, 1.807) is 0 Å². The van der Waals surface area contributed by atoms with Crippen molar-refractivity contribution in [1.82, 2.24) is 15.1 Å². The van der Waals surface area contributed by atoms with Crippen molar-refractivity contribution >= 4 is 11.8 Å². The molecule has 1 atom stereocenters. The molecule has 0 bridgehead atoms. The average Bonchev–Trinajstić information content (AvgIpc) is 2.88. The van der Waals surface area contributed by atoms with Crippen molar-refractivity contribution < 1.29 is 9.59 Å². The number of nitrogens with zero attached hydrogens (tertiary/aromatic N) is 2. The molecule has 1 saturated heterocycles. The molecule has 142 valence electrons. The highest BCUT2D eigenvalue weighted by atomic mass is 16.2. The summed E-state index contributed by atoms with van der Waals surface area (Å²) < 4.78 is 0. The first-order valence-electron chi connectivity index (χ1n) is 9.88. The minimum atomic E-state index is -0.0830. The number of likely N-dealkylation sites (tertiary alicyclic amines) is 1. The van der Waals surface area contributed by atoms with Gasteiger partial charge in [0.05, 0.1) is 0 Å². The Morgan fingerprint density at radius 1 is 1.23 bits per heavy atom. The van der Waals surface area contributed by atoms with Crippen LogP contribution in [0.25, 0.3) is 0 Å². The third kappa shape index (κ3) is 4.09. The van der Waals surface area contributed by atoms with E-state index in [2.05, 4.69) is 41.4 Å². The summed E-state index contributed by atoms with van der Waals surface area (Å²) in [6.07, 6.45) is 4.89. The van der Waals surface area contributed by atoms with Crippen LogP contribution < -0.4 is 5.32 Å². The van der Waals surface area contributed by atoms with Gasteiger partial charge in [0.1, 0.15) is 0 Å². The highest BCUT2D eigenvalue weighted by Crippen LogP contribution is 2.37. The third-order valence-corrected chi connectivity index (χ3v) is 5.78. The molecule has 5 heteroatoms. The van der Waals surface area contributed by atoms with E-state index in [-0.39, 0.29) is 17.4 Å². The quantitative estimate of drug-likeness (QED) is 0.880. The predicted octanol–water partition coefficient (Wildman–Crippen LogP) is 2.34. The Bertz CT molecular complexity index is 660. The molecule has 2 heterocycles. The Hall–Kier alpha value is -1.88. The van der Waals surface area contributed by atoms with Gasteiger partial charge in [0, 0.05) is 38.5 Å². The molecule has 1 aromatic carbocycles. The first kappa shape index (κ1) is 18.9. The van der Waals surface area contributed by atoms with E-state index in [1.165, 1.54) is 24.5 Å². The maximum absolute atomic E-state index is 12.9. The van der Waals surface area contributed by atoms with E-state index >= 15 is 0 Å². The first-order chi connectivity index (χ1) is 12.5. The molecular weight excluding hydrogens is 326 g/mol. The number of fused-ring (bicyclic) bond motifs is 1. The van der Waals surface area contributed by atoms with Crippen molar-refractivity contribution in [2.45, 2.75) is 58.0 Å². The molecule has 1 N–H and O–H groups in total. The van der Waals surface area contributed by atoms with E-state index in [0.29, 0.717) is 19.5 Å². The summed E-state index contributed by atoms with van der Waals surface area (Å²) in [5.41, 5.74) is 2.71. The number of amides is 2. The third-order valence-electron chi connectivity index (χ3n) is 5.78. The molecule has 1 fully saturated rings. The molecule has 0 radical (unpaired) electrons. The molecule has 0 aliphatic carbocycles. The van der Waals surface area contributed by atoms with Gasteiger partial charge in [-0.15, -0.1) is 0 Å². The lowest BCUT2D eigenvalue weighted by Crippen LogP contribution is -2.53. The Morgan fingerprint density at radius 2 is 2.00 bits per heavy atom. The molecular formula is C21H31N3O2. The summed E-state index contributed by atoms with van der Waals surface area (Å²) in [5.74, 6) is 0.0542. The average molecular weight is 357 g/mol. The molecule has 0 saturated carbocycles. The van der Waals surface area contributed by atoms with Crippen LogP contribution >= 0.6 is 0 Å². The molecule has 1 unspecified atom stereocenters. The SMILES string of the molecule is CCCN1CCCC12Cc1ccccc1CN(C(=O)CCNC(C)=O)C2. The Balaban J connectivity index is 1.83. The standard InChI is InChI=1S/C21H31N3O2/c1-3-12-24-13-6-10-21(24)14-18-7-4-5-8-19(18)15-23(16-21)20(26)9-11-22-17(2)25/h4-5,7-8H,3,6,9-16H2,1-2H3,(H,22,25). The van der Waals surface area contributed by atoms with Crippen LogP contribution in [0.4, 0.5) is 0 Å². The highest BCUT2D eigenvalue weighted by Gasteiger charge is 2.44. The number of hydrogen-bond acceptors (Lipinski definition) is 3. The van der Waals surface area contributed by atoms with Crippen LogP contribution in [0, 0.1) is 0 Å². The van der Waals surface area contributed by atoms with Gasteiger partial charge in [-0.1, -0.05) is 31.2 Å². The second-order valence-corrected chi connectivity index (χ2v) is 7.74. The Morgan fingerprint density at radius 3 is 2.73 bits per heavy atom. The maximum atomic E-state index is 12.9. The normalized spacial score (nSPS) is 22.9. The Labute approximate surface area is 156 Å². The highest BCUT2D eigenvalue weighted by molar-refractivity contribution is 5.78. The van der Waals surface area contributed by atoms with Crippen LogP contribution in [0.1, 0.15) is 50.7 Å². The largest absolute Gasteiger partial charge is 0.356 e. The molecule has 5 nitrogen and oxygen atoms in total. The molecule has 26 heavy (non-hydrogen) atoms. The van der Waals surface area contributed by atoms with Crippen LogP contribution in [-0.2, 0) is 22.6 Å². The topological polar surface area (TPSA) is 52.6 Å². The maximum Gasteiger partial charge on any atom is 0.224 e. The van der Waals surface area contributed by atoms with Crippen molar-refractivity contribution in [3.8, 4) is 0 Å². The van der Waals surface area contributed by atoms with Gasteiger partial charge in [-0.25, -0.2) is 0 Å². The van der Waals surface area contributed by atoms with Gasteiger partial charge in [0.15, 0.2) is 0 Å². The lowest BCUT2D eigenvalue weighted by atomic mass is 9.87. The summed E-state index contributed by atoms with van der Waals surface area (Å²) in [7, 11) is 0. The second kappa shape index (κ2) is 8.21. The van der Waals surface area contributed by atoms with Gasteiger partial charge in [0.2, 0.25) is 11.8 Å². The first-order valence-corrected chi connectivity index (χ1v) is 9.88. The zero-order valence-corrected chi connectivity index (χ0v) is 16.1. The summed E-state index contributed by atoms with van der Waals surface area (Å²) in [4.78, 5) is 28.6. The smallest absolute Gasteiger partial charge is 0.224 e. The fourth-order valence-corrected chi connectivity index (χ4v) is 4.58. The lowest BCUT2D eigenvalue weighted by Gasteiger charge is -2.40. The van der Waals surface area contributed by atoms with E-state index in [1.807, 2.05) is 4.90 Å². The zero-order chi connectivity index (χ0) is 18.6. The Kier molecular flexibility index (Phi) is 5.97. The molecule has 1 spiro atoms. The van der Waals surface area contributed by atoms with Crippen molar-refractivity contribution in [2.24, 2.45) is 0 Å². The molecule has 0 aromatic heterocycles. The van der Waals surface area contributed by atoms with Gasteiger partial charge in [0.25, 0.3) is 0 Å². The van der Waals surface area contributed by atoms with Crippen LogP contribution in [0.3, 0.4) is 0 Å². The second-order valence-electron chi connectivity index (χ2n) is 7.74. The van der Waals surface area contributed by atoms with Gasteiger partial charge in [-0.3, -0.25) is 14.5 Å². The fourth-order valence-electron chi connectivity index (χ4n) is 4.58. The summed E-state index contributed by atoms with van der Waals surface area (Å²) >= 11 is 0. The molecule has 1 aromatic rings. The number of rotatable bonds is 5. The number of carbonyl (C=O) groups is 2. The minimum absolute atomic E-state index is 0.0618. The zero-order valence-electron chi connectivity index (χ0n) is 16.1. The van der Waals surface area contributed by atoms with Crippen LogP contribution in [0.15, 0.2) is 24.3 Å². The van der Waals surface area contributed by atoms with Gasteiger partial charge >= 0.3 is 0 Å². The van der Waals surface area contributed by atoms with E-state index < -0.39 is 0 Å². The molecule has 2 aliphatic heterocycles. The van der Waals surface area contributed by atoms with E-state index in [4.69, 9.17) is 0 Å². The van der Waals surface area contributed by atoms with Crippen molar-refractivity contribution in [1.29, 1.82) is 0 Å². The predicted molar refractivity (Wildman–Crippen MR) is 103 cm³/mol. The van der Waals surface area contributed by atoms with Crippen LogP contribution in [0.5, 0.6) is 0 Å². The van der Waals surface area contributed by atoms with Crippen molar-refractivity contribution in [3.63, 3.8) is 0 Å². The van der Waals surface area contributed by atoms with Gasteiger partial charge in [-0.05, 0) is 49.9 Å². The van der Waals surface area contributed by atoms with Crippen molar-refractivity contribution in [2.75, 3.05) is 26.2 Å². The van der Waals surface area contributed by atoms with Crippen LogP contribution in [-0.4, -0.2) is 53.3 Å². The molecule has 3 rings (SSSR count). The monoisotopic (exact) mass is 357 g/mol. The van der Waals surface area contributed by atoms with Gasteiger partial charge in [-0.2, -0.15) is 0 Å². The summed E-state index contributed by atoms with van der Waals surface area (Å²) in [6.45, 7) is 7.82. The van der Waals surface area contributed by atoms with Crippen molar-refractivity contribution in [3.05, 3.63) is 35.4 Å². The lowest BCUT2D eigenvalue weighted by molar-refractivity contribution is -0.133. The summed E-state index contributed by atoms with van der Waals surface area (Å²) in [6, 6.07) is 8.56. The number of nitrogens with one attached hydrogen (secondary N) is 1. The van der Waals surface area contributed by atoms with Crippen LogP contribution in [0.2, 0.25) is 0 Å². The van der Waals surface area contributed by atoms with E-state index in [0.717, 1.165) is 38.9 Å². The summed E-state index contributed by atoms with van der Waals surface area (Å²) in [5, 5.41) is 2.74. The number of carbonyl (C=O) groups excluding carboxylic acids is 2. The fraction of sp³-hybridized carbons (Fsp3) is 0.619. The number of benzene rings is 1. The van der Waals surface area contributed by atoms with Gasteiger partial charge < -0.3 is 10.2 Å². The molecule has 2 aliphatic rings. The minimum Gasteiger partial charge on any atom is -0.356 e. The van der Waals surface area contributed by atoms with E-state index in [9.17, 15) is 9.59 Å².